The van der Waals surface area contributed by atoms with E-state index in [2.05, 4.69) is 17.6 Å². The summed E-state index contributed by atoms with van der Waals surface area (Å²) in [6, 6.07) is 10.7. The fraction of sp³-hybridized carbons (Fsp3) is 0.409. The first-order valence-electron chi connectivity index (χ1n) is 9.88. The summed E-state index contributed by atoms with van der Waals surface area (Å²) in [4.78, 5) is 38.6. The predicted octanol–water partition coefficient (Wildman–Crippen LogP) is 2.92. The first-order chi connectivity index (χ1) is 13.9. The Balaban J connectivity index is 1.76. The van der Waals surface area contributed by atoms with Gasteiger partial charge < -0.3 is 15.4 Å². The molecule has 0 saturated carbocycles. The molecular formula is C22H27N3O4. The zero-order valence-corrected chi connectivity index (χ0v) is 17.1. The molecule has 7 heteroatoms. The molecule has 2 N–H and O–H groups in total. The summed E-state index contributed by atoms with van der Waals surface area (Å²) in [6.07, 6.45) is 2.96. The van der Waals surface area contributed by atoms with Crippen molar-refractivity contribution < 1.29 is 19.1 Å². The number of unbranched alkanes of at least 4 members (excludes halogenated alkanes) is 2. The average molecular weight is 397 g/mol. The van der Waals surface area contributed by atoms with Gasteiger partial charge in [-0.1, -0.05) is 38.0 Å². The third-order valence-corrected chi connectivity index (χ3v) is 5.30. The summed E-state index contributed by atoms with van der Waals surface area (Å²) in [6.45, 7) is 4.01. The van der Waals surface area contributed by atoms with E-state index in [1.165, 1.54) is 0 Å². The van der Waals surface area contributed by atoms with Crippen molar-refractivity contribution in [2.24, 2.45) is 0 Å². The number of fused-ring (bicyclic) bond motifs is 1. The molecule has 1 aliphatic heterocycles. The van der Waals surface area contributed by atoms with Crippen LogP contribution in [0.5, 0.6) is 5.75 Å². The number of hydrogen-bond donors (Lipinski definition) is 2. The van der Waals surface area contributed by atoms with E-state index in [9.17, 15) is 14.4 Å². The lowest BCUT2D eigenvalue weighted by Gasteiger charge is -2.22. The number of nitrogens with zero attached hydrogens (tertiary/aromatic N) is 1. The lowest BCUT2D eigenvalue weighted by atomic mass is 9.90. The van der Waals surface area contributed by atoms with Crippen LogP contribution in [0, 0.1) is 0 Å². The van der Waals surface area contributed by atoms with Crippen molar-refractivity contribution in [2.75, 3.05) is 20.2 Å². The minimum atomic E-state index is -1.21. The average Bonchev–Trinajstić information content (AvgIpc) is 2.94. The zero-order valence-electron chi connectivity index (χ0n) is 17.1. The van der Waals surface area contributed by atoms with Gasteiger partial charge in [0.15, 0.2) is 0 Å². The van der Waals surface area contributed by atoms with Crippen molar-refractivity contribution in [2.45, 2.75) is 38.6 Å². The number of amides is 4. The molecule has 0 aliphatic carbocycles. The van der Waals surface area contributed by atoms with Crippen LogP contribution in [0.15, 0.2) is 36.4 Å². The molecule has 1 atom stereocenters. The highest BCUT2D eigenvalue weighted by atomic mass is 16.5. The Morgan fingerprint density at radius 3 is 2.59 bits per heavy atom. The van der Waals surface area contributed by atoms with Gasteiger partial charge in [0, 0.05) is 6.54 Å². The molecule has 0 spiro atoms. The molecule has 2 aromatic carbocycles. The van der Waals surface area contributed by atoms with Gasteiger partial charge in [-0.2, -0.15) is 0 Å². The third kappa shape index (κ3) is 4.18. The topological polar surface area (TPSA) is 87.7 Å². The molecule has 7 nitrogen and oxygen atoms in total. The second-order valence-electron chi connectivity index (χ2n) is 7.43. The second kappa shape index (κ2) is 8.51. The fourth-order valence-electron chi connectivity index (χ4n) is 3.50. The summed E-state index contributed by atoms with van der Waals surface area (Å²) >= 11 is 0. The molecule has 0 unspecified atom stereocenters. The van der Waals surface area contributed by atoms with Crippen molar-refractivity contribution in [1.29, 1.82) is 0 Å². The predicted molar refractivity (Wildman–Crippen MR) is 111 cm³/mol. The molecule has 0 radical (unpaired) electrons. The molecule has 1 aliphatic rings. The summed E-state index contributed by atoms with van der Waals surface area (Å²) in [5.74, 6) is -0.0173. The number of ether oxygens (including phenoxy) is 1. The van der Waals surface area contributed by atoms with Crippen LogP contribution in [0.3, 0.4) is 0 Å². The number of imide groups is 1. The Bertz CT molecular complexity index is 943. The lowest BCUT2D eigenvalue weighted by molar-refractivity contribution is -0.134. The lowest BCUT2D eigenvalue weighted by Crippen LogP contribution is -2.43. The van der Waals surface area contributed by atoms with E-state index >= 15 is 0 Å². The first-order valence-corrected chi connectivity index (χ1v) is 9.88. The molecule has 1 fully saturated rings. The van der Waals surface area contributed by atoms with E-state index in [4.69, 9.17) is 4.74 Å². The highest BCUT2D eigenvalue weighted by Gasteiger charge is 2.49. The van der Waals surface area contributed by atoms with Gasteiger partial charge >= 0.3 is 6.03 Å². The SMILES string of the molecule is CCCCCNC(=O)CN1C(=O)N[C@](C)(c2ccc3cc(OC)ccc3c2)C1=O. The van der Waals surface area contributed by atoms with Crippen molar-refractivity contribution in [3.63, 3.8) is 0 Å². The van der Waals surface area contributed by atoms with Gasteiger partial charge in [0.25, 0.3) is 5.91 Å². The van der Waals surface area contributed by atoms with Gasteiger partial charge in [-0.3, -0.25) is 14.5 Å². The van der Waals surface area contributed by atoms with Gasteiger partial charge in [-0.25, -0.2) is 4.79 Å². The maximum Gasteiger partial charge on any atom is 0.325 e. The number of hydrogen-bond acceptors (Lipinski definition) is 4. The Morgan fingerprint density at radius 2 is 1.86 bits per heavy atom. The molecule has 154 valence electrons. The van der Waals surface area contributed by atoms with E-state index in [1.807, 2.05) is 36.4 Å². The number of urea groups is 1. The number of benzene rings is 2. The molecule has 1 heterocycles. The smallest absolute Gasteiger partial charge is 0.325 e. The van der Waals surface area contributed by atoms with E-state index < -0.39 is 17.5 Å². The summed E-state index contributed by atoms with van der Waals surface area (Å²) in [7, 11) is 1.61. The highest BCUT2D eigenvalue weighted by Crippen LogP contribution is 2.31. The highest BCUT2D eigenvalue weighted by molar-refractivity contribution is 6.09. The van der Waals surface area contributed by atoms with Crippen LogP contribution >= 0.6 is 0 Å². The van der Waals surface area contributed by atoms with Gasteiger partial charge in [-0.05, 0) is 47.9 Å². The maximum absolute atomic E-state index is 13.0. The Hall–Kier alpha value is -3.09. The number of nitrogens with one attached hydrogen (secondary N) is 2. The quantitative estimate of drug-likeness (QED) is 0.530. The summed E-state index contributed by atoms with van der Waals surface area (Å²) in [5, 5.41) is 7.41. The van der Waals surface area contributed by atoms with E-state index in [1.54, 1.807) is 14.0 Å². The van der Waals surface area contributed by atoms with Crippen LogP contribution in [-0.4, -0.2) is 42.9 Å². The minimum absolute atomic E-state index is 0.281. The van der Waals surface area contributed by atoms with Crippen LogP contribution < -0.4 is 15.4 Å². The Kier molecular flexibility index (Phi) is 6.06. The number of rotatable bonds is 8. The van der Waals surface area contributed by atoms with Crippen LogP contribution in [0.2, 0.25) is 0 Å². The van der Waals surface area contributed by atoms with E-state index in [0.29, 0.717) is 12.1 Å². The molecule has 29 heavy (non-hydrogen) atoms. The van der Waals surface area contributed by atoms with Crippen molar-refractivity contribution in [3.8, 4) is 5.75 Å². The normalized spacial score (nSPS) is 18.8. The number of methoxy groups -OCH3 is 1. The molecule has 3 rings (SSSR count). The largest absolute Gasteiger partial charge is 0.497 e. The van der Waals surface area contributed by atoms with Gasteiger partial charge in [0.1, 0.15) is 17.8 Å². The van der Waals surface area contributed by atoms with Crippen LogP contribution in [-0.2, 0) is 15.1 Å². The maximum atomic E-state index is 13.0. The summed E-state index contributed by atoms with van der Waals surface area (Å²) < 4.78 is 5.24. The van der Waals surface area contributed by atoms with Crippen molar-refractivity contribution in [1.82, 2.24) is 15.5 Å². The first kappa shape index (κ1) is 20.6. The minimum Gasteiger partial charge on any atom is -0.497 e. The number of carbonyl (C=O) groups is 3. The molecule has 0 aromatic heterocycles. The Labute approximate surface area is 170 Å². The van der Waals surface area contributed by atoms with Crippen molar-refractivity contribution >= 4 is 28.6 Å². The standard InChI is InChI=1S/C22H27N3O4/c1-4-5-6-11-23-19(26)14-25-20(27)22(2,24-21(25)28)17-9-7-16-13-18(29-3)10-8-15(16)12-17/h7-10,12-13H,4-6,11,14H2,1-3H3,(H,23,26)(H,24,28)/t22-/m1/s1. The molecule has 0 bridgehead atoms. The third-order valence-electron chi connectivity index (χ3n) is 5.30. The van der Waals surface area contributed by atoms with Crippen LogP contribution in [0.1, 0.15) is 38.7 Å². The molecular weight excluding hydrogens is 370 g/mol. The monoisotopic (exact) mass is 397 g/mol. The molecule has 1 saturated heterocycles. The van der Waals surface area contributed by atoms with Gasteiger partial charge in [-0.15, -0.1) is 0 Å². The number of carbonyl (C=O) groups excluding carboxylic acids is 3. The summed E-state index contributed by atoms with van der Waals surface area (Å²) in [5.41, 5.74) is -0.549. The Morgan fingerprint density at radius 1 is 1.14 bits per heavy atom. The zero-order chi connectivity index (χ0) is 21.0. The molecule has 2 aromatic rings. The van der Waals surface area contributed by atoms with Crippen LogP contribution in [0.4, 0.5) is 4.79 Å². The van der Waals surface area contributed by atoms with Gasteiger partial charge in [0.2, 0.25) is 5.91 Å². The van der Waals surface area contributed by atoms with E-state index in [0.717, 1.165) is 40.7 Å². The fourth-order valence-corrected chi connectivity index (χ4v) is 3.50. The van der Waals surface area contributed by atoms with Gasteiger partial charge in [0.05, 0.1) is 7.11 Å². The second-order valence-corrected chi connectivity index (χ2v) is 7.43. The van der Waals surface area contributed by atoms with Crippen LogP contribution in [0.25, 0.3) is 10.8 Å². The molecule has 4 amide bonds. The van der Waals surface area contributed by atoms with E-state index in [-0.39, 0.29) is 12.5 Å². The van der Waals surface area contributed by atoms with Crippen molar-refractivity contribution in [3.05, 3.63) is 42.0 Å².